The van der Waals surface area contributed by atoms with Crippen LogP contribution in [0.5, 0.6) is 0 Å². The average Bonchev–Trinajstić information content (AvgIpc) is 3.56. The lowest BCUT2D eigenvalue weighted by Crippen LogP contribution is -2.43. The molecular formula is C29H23F3N8O2. The van der Waals surface area contributed by atoms with Gasteiger partial charge in [-0.2, -0.15) is 9.49 Å². The number of carbonyl (C=O) groups is 2. The number of anilines is 1. The van der Waals surface area contributed by atoms with Crippen molar-refractivity contribution >= 4 is 23.3 Å². The molecule has 5 heterocycles. The maximum absolute atomic E-state index is 13.8. The summed E-state index contributed by atoms with van der Waals surface area (Å²) in [5.41, 5.74) is 2.08. The highest BCUT2D eigenvalue weighted by atomic mass is 19.1. The molecule has 1 aliphatic heterocycles. The summed E-state index contributed by atoms with van der Waals surface area (Å²) < 4.78 is 44.3. The zero-order valence-electron chi connectivity index (χ0n) is 22.1. The summed E-state index contributed by atoms with van der Waals surface area (Å²) in [6.45, 7) is 0.354. The van der Waals surface area contributed by atoms with E-state index in [2.05, 4.69) is 15.3 Å². The van der Waals surface area contributed by atoms with Gasteiger partial charge in [0.25, 0.3) is 5.91 Å². The third kappa shape index (κ3) is 4.46. The van der Waals surface area contributed by atoms with Gasteiger partial charge in [0.2, 0.25) is 11.9 Å². The number of fused-ring (bicyclic) bond motifs is 2. The highest BCUT2D eigenvalue weighted by Gasteiger charge is 2.52. The first-order valence-corrected chi connectivity index (χ1v) is 13.3. The molecule has 212 valence electrons. The Morgan fingerprint density at radius 3 is 2.55 bits per heavy atom. The number of hydrogen-bond donors (Lipinski definition) is 1. The Morgan fingerprint density at radius 2 is 1.81 bits per heavy atom. The van der Waals surface area contributed by atoms with Crippen LogP contribution in [-0.2, 0) is 17.9 Å². The number of amides is 2. The van der Waals surface area contributed by atoms with Gasteiger partial charge in [-0.3, -0.25) is 9.59 Å². The molecule has 1 fully saturated rings. The van der Waals surface area contributed by atoms with Crippen molar-refractivity contribution in [3.63, 3.8) is 0 Å². The number of alkyl halides is 1. The van der Waals surface area contributed by atoms with Gasteiger partial charge in [0.1, 0.15) is 24.0 Å². The summed E-state index contributed by atoms with van der Waals surface area (Å²) in [4.78, 5) is 40.0. The Balaban J connectivity index is 1.25. The largest absolute Gasteiger partial charge is 0.333 e. The molecule has 7 rings (SSSR count). The van der Waals surface area contributed by atoms with E-state index in [1.54, 1.807) is 29.2 Å². The smallest absolute Gasteiger partial charge is 0.257 e. The number of pyridine rings is 1. The molecule has 0 atom stereocenters. The molecule has 1 aliphatic carbocycles. The van der Waals surface area contributed by atoms with E-state index in [9.17, 15) is 22.8 Å². The fraction of sp³-hybridized carbons (Fsp3) is 0.241. The second-order valence-corrected chi connectivity index (χ2v) is 10.5. The molecule has 0 unspecified atom stereocenters. The zero-order valence-corrected chi connectivity index (χ0v) is 22.1. The molecule has 0 radical (unpaired) electrons. The van der Waals surface area contributed by atoms with Crippen molar-refractivity contribution in [2.75, 3.05) is 18.5 Å². The first-order chi connectivity index (χ1) is 20.3. The minimum atomic E-state index is -0.899. The van der Waals surface area contributed by atoms with Gasteiger partial charge in [0, 0.05) is 36.5 Å². The molecule has 5 aromatic rings. The van der Waals surface area contributed by atoms with Gasteiger partial charge in [-0.1, -0.05) is 0 Å². The minimum Gasteiger partial charge on any atom is -0.333 e. The molecular weight excluding hydrogens is 549 g/mol. The fourth-order valence-electron chi connectivity index (χ4n) is 5.27. The third-order valence-corrected chi connectivity index (χ3v) is 7.73. The topological polar surface area (TPSA) is 110 Å². The lowest BCUT2D eigenvalue weighted by Gasteiger charge is -2.30. The predicted octanol–water partition coefficient (Wildman–Crippen LogP) is 4.28. The predicted molar refractivity (Wildman–Crippen MR) is 145 cm³/mol. The molecule has 10 nitrogen and oxygen atoms in total. The number of rotatable bonds is 6. The normalized spacial score (nSPS) is 15.5. The summed E-state index contributed by atoms with van der Waals surface area (Å²) >= 11 is 0. The van der Waals surface area contributed by atoms with Gasteiger partial charge in [0.15, 0.2) is 11.5 Å². The summed E-state index contributed by atoms with van der Waals surface area (Å²) in [6.07, 6.45) is 3.84. The number of imidazole rings is 2. The number of carbonyl (C=O) groups excluding carboxylic acids is 2. The van der Waals surface area contributed by atoms with Gasteiger partial charge < -0.3 is 14.8 Å². The molecule has 1 N–H and O–H groups in total. The van der Waals surface area contributed by atoms with E-state index in [1.165, 1.54) is 35.1 Å². The maximum atomic E-state index is 13.8. The van der Waals surface area contributed by atoms with Crippen molar-refractivity contribution in [1.29, 1.82) is 0 Å². The summed E-state index contributed by atoms with van der Waals surface area (Å²) in [6, 6.07) is 11.9. The highest BCUT2D eigenvalue weighted by molar-refractivity contribution is 6.03. The lowest BCUT2D eigenvalue weighted by molar-refractivity contribution is -0.139. The van der Waals surface area contributed by atoms with Crippen LogP contribution in [0.1, 0.15) is 29.0 Å². The summed E-state index contributed by atoms with van der Waals surface area (Å²) in [7, 11) is 0. The number of halogens is 3. The van der Waals surface area contributed by atoms with Crippen LogP contribution < -0.4 is 5.32 Å². The molecule has 0 saturated heterocycles. The van der Waals surface area contributed by atoms with Gasteiger partial charge in [-0.15, -0.1) is 0 Å². The van der Waals surface area contributed by atoms with Crippen LogP contribution in [0.3, 0.4) is 0 Å². The Hall–Kier alpha value is -5.07. The van der Waals surface area contributed by atoms with Crippen molar-refractivity contribution in [1.82, 2.24) is 34.0 Å². The van der Waals surface area contributed by atoms with Crippen LogP contribution in [-0.4, -0.2) is 59.1 Å². The molecule has 1 aromatic carbocycles. The zero-order chi connectivity index (χ0) is 29.0. The van der Waals surface area contributed by atoms with Gasteiger partial charge in [-0.05, 0) is 55.3 Å². The average molecular weight is 573 g/mol. The van der Waals surface area contributed by atoms with E-state index >= 15 is 0 Å². The van der Waals surface area contributed by atoms with E-state index in [-0.39, 0.29) is 29.7 Å². The van der Waals surface area contributed by atoms with Crippen LogP contribution >= 0.6 is 0 Å². The summed E-state index contributed by atoms with van der Waals surface area (Å²) in [5.74, 6) is -1.07. The van der Waals surface area contributed by atoms with Crippen LogP contribution in [0.2, 0.25) is 0 Å². The molecule has 0 bridgehead atoms. The quantitative estimate of drug-likeness (QED) is 0.304. The van der Waals surface area contributed by atoms with Crippen molar-refractivity contribution < 1.29 is 22.8 Å². The number of nitrogens with one attached hydrogen (secondary N) is 1. The second kappa shape index (κ2) is 9.79. The molecule has 13 heteroatoms. The number of benzene rings is 1. The van der Waals surface area contributed by atoms with E-state index < -0.39 is 23.9 Å². The molecule has 42 heavy (non-hydrogen) atoms. The fourth-order valence-corrected chi connectivity index (χ4v) is 5.27. The lowest BCUT2D eigenvalue weighted by atomic mass is 10.1. The number of nitrogens with zero attached hydrogens (tertiary/aromatic N) is 7. The van der Waals surface area contributed by atoms with E-state index in [1.807, 2.05) is 4.57 Å². The molecule has 0 spiro atoms. The molecule has 4 aromatic heterocycles. The van der Waals surface area contributed by atoms with Crippen LogP contribution in [0.25, 0.3) is 28.3 Å². The first-order valence-electron chi connectivity index (χ1n) is 13.3. The van der Waals surface area contributed by atoms with E-state index in [0.29, 0.717) is 60.0 Å². The number of hydrogen-bond acceptors (Lipinski definition) is 6. The molecule has 1 saturated carbocycles. The van der Waals surface area contributed by atoms with Gasteiger partial charge in [0.05, 0.1) is 29.5 Å². The Morgan fingerprint density at radius 1 is 1.00 bits per heavy atom. The summed E-state index contributed by atoms with van der Waals surface area (Å²) in [5, 5.41) is 7.37. The second-order valence-electron chi connectivity index (χ2n) is 10.5. The molecule has 2 aliphatic rings. The van der Waals surface area contributed by atoms with Crippen molar-refractivity contribution in [3.05, 3.63) is 84.1 Å². The SMILES string of the molecule is O=C(Nc1cn2nc(-c3c(-c4ccc(F)cc4)nc4n3CCN(C(=O)C3(CF)CC3)C4)ccc2n1)c1ccnc(F)c1. The van der Waals surface area contributed by atoms with Crippen molar-refractivity contribution in [2.24, 2.45) is 5.41 Å². The molecule has 2 amide bonds. The van der Waals surface area contributed by atoms with Crippen molar-refractivity contribution in [2.45, 2.75) is 25.9 Å². The number of aromatic nitrogens is 6. The van der Waals surface area contributed by atoms with Crippen LogP contribution in [0.4, 0.5) is 19.0 Å². The highest BCUT2D eigenvalue weighted by Crippen LogP contribution is 2.48. The Labute approximate surface area is 236 Å². The van der Waals surface area contributed by atoms with Gasteiger partial charge >= 0.3 is 0 Å². The monoisotopic (exact) mass is 572 g/mol. The van der Waals surface area contributed by atoms with E-state index in [4.69, 9.17) is 10.1 Å². The first kappa shape index (κ1) is 25.9. The van der Waals surface area contributed by atoms with Crippen LogP contribution in [0, 0.1) is 17.2 Å². The van der Waals surface area contributed by atoms with Gasteiger partial charge in [-0.25, -0.2) is 28.2 Å². The van der Waals surface area contributed by atoms with Crippen molar-refractivity contribution in [3.8, 4) is 22.6 Å². The standard InChI is InChI=1S/C29H23F3N8O2/c30-16-29(8-9-29)28(42)38-11-12-39-24(15-38)36-25(17-1-3-19(31)4-2-17)26(39)20-5-6-23-34-22(14-40(23)37-20)35-27(41)18-7-10-33-21(32)13-18/h1-7,10,13-14H,8-9,11-12,15-16H2,(H,35,41). The van der Waals surface area contributed by atoms with Crippen LogP contribution in [0.15, 0.2) is 60.9 Å². The minimum absolute atomic E-state index is 0.0923. The Bertz CT molecular complexity index is 1860. The Kier molecular flexibility index (Phi) is 6.03. The maximum Gasteiger partial charge on any atom is 0.257 e. The third-order valence-electron chi connectivity index (χ3n) is 7.73. The van der Waals surface area contributed by atoms with E-state index in [0.717, 1.165) is 6.07 Å².